The van der Waals surface area contributed by atoms with Crippen LogP contribution in [-0.2, 0) is 0 Å². The molecule has 25 heavy (non-hydrogen) atoms. The molecule has 0 spiro atoms. The summed E-state index contributed by atoms with van der Waals surface area (Å²) in [6.45, 7) is 0. The number of nitro groups is 1. The number of hydrogen-bond acceptors (Lipinski definition) is 5. The molecule has 0 saturated heterocycles. The summed E-state index contributed by atoms with van der Waals surface area (Å²) in [4.78, 5) is 14.8. The van der Waals surface area contributed by atoms with Gasteiger partial charge in [0.1, 0.15) is 5.02 Å². The van der Waals surface area contributed by atoms with Crippen molar-refractivity contribution >= 4 is 62.1 Å². The lowest BCUT2D eigenvalue weighted by atomic mass is 10.1. The second kappa shape index (κ2) is 7.90. The van der Waals surface area contributed by atoms with Crippen LogP contribution in [-0.4, -0.2) is 27.8 Å². The smallest absolute Gasteiger partial charge is 0.258 e. The Labute approximate surface area is 161 Å². The van der Waals surface area contributed by atoms with Gasteiger partial charge in [0.2, 0.25) is 5.17 Å². The third-order valence-electron chi connectivity index (χ3n) is 3.26. The number of halogens is 2. The number of nitro benzene ring substituents is 1. The van der Waals surface area contributed by atoms with E-state index < -0.39 is 4.92 Å². The maximum atomic E-state index is 10.9. The SMILES string of the molecule is O=[N+]([O-])c1cc(/C=N/N=C2\N=C(c3ccc(Br)cc3)CS2)ccc1Cl. The summed E-state index contributed by atoms with van der Waals surface area (Å²) in [6, 6.07) is 12.3. The summed E-state index contributed by atoms with van der Waals surface area (Å²) in [7, 11) is 0. The molecule has 0 aromatic heterocycles. The Morgan fingerprint density at radius 1 is 1.28 bits per heavy atom. The molecule has 0 unspecified atom stereocenters. The molecule has 1 heterocycles. The fourth-order valence-electron chi connectivity index (χ4n) is 2.05. The van der Waals surface area contributed by atoms with Gasteiger partial charge < -0.3 is 0 Å². The molecule has 1 aliphatic heterocycles. The second-order valence-corrected chi connectivity index (χ2v) is 7.21. The second-order valence-electron chi connectivity index (χ2n) is 4.95. The Balaban J connectivity index is 1.74. The van der Waals surface area contributed by atoms with E-state index in [-0.39, 0.29) is 10.7 Å². The van der Waals surface area contributed by atoms with Crippen molar-refractivity contribution in [1.82, 2.24) is 0 Å². The van der Waals surface area contributed by atoms with E-state index in [2.05, 4.69) is 31.1 Å². The number of amidine groups is 1. The molecule has 0 aliphatic carbocycles. The van der Waals surface area contributed by atoms with E-state index in [0.717, 1.165) is 21.5 Å². The summed E-state index contributed by atoms with van der Waals surface area (Å²) in [5, 5.41) is 19.5. The van der Waals surface area contributed by atoms with Gasteiger partial charge >= 0.3 is 0 Å². The average Bonchev–Trinajstić information content (AvgIpc) is 3.05. The van der Waals surface area contributed by atoms with Crippen LogP contribution in [0.3, 0.4) is 0 Å². The van der Waals surface area contributed by atoms with Crippen molar-refractivity contribution in [2.24, 2.45) is 15.2 Å². The van der Waals surface area contributed by atoms with E-state index in [1.54, 1.807) is 6.07 Å². The minimum absolute atomic E-state index is 0.0866. The molecule has 6 nitrogen and oxygen atoms in total. The summed E-state index contributed by atoms with van der Waals surface area (Å²) in [6.07, 6.45) is 1.43. The lowest BCUT2D eigenvalue weighted by molar-refractivity contribution is -0.384. The standard InChI is InChI=1S/C16H10BrClN4O2S/c17-12-4-2-11(3-5-12)14-9-25-16(20-14)21-19-8-10-1-6-13(18)15(7-10)22(23)24/h1-8H,9H2/b19-8+,21-16+. The molecule has 0 amide bonds. The van der Waals surface area contributed by atoms with Gasteiger partial charge in [-0.1, -0.05) is 57.5 Å². The highest BCUT2D eigenvalue weighted by atomic mass is 79.9. The van der Waals surface area contributed by atoms with Gasteiger partial charge in [-0.15, -0.1) is 5.10 Å². The van der Waals surface area contributed by atoms with Crippen molar-refractivity contribution in [3.8, 4) is 0 Å². The molecular formula is C16H10BrClN4O2S. The summed E-state index contributed by atoms with van der Waals surface area (Å²) in [5.74, 6) is 0.725. The highest BCUT2D eigenvalue weighted by Gasteiger charge is 2.15. The van der Waals surface area contributed by atoms with Crippen LogP contribution in [0.4, 0.5) is 5.69 Å². The van der Waals surface area contributed by atoms with Crippen LogP contribution in [0.15, 0.2) is 62.1 Å². The Morgan fingerprint density at radius 3 is 2.76 bits per heavy atom. The molecule has 9 heteroatoms. The number of hydrogen-bond donors (Lipinski definition) is 0. The van der Waals surface area contributed by atoms with Crippen LogP contribution in [0.1, 0.15) is 11.1 Å². The Morgan fingerprint density at radius 2 is 2.04 bits per heavy atom. The molecular weight excluding hydrogens is 428 g/mol. The summed E-state index contributed by atoms with van der Waals surface area (Å²) >= 11 is 10.7. The average molecular weight is 438 g/mol. The minimum atomic E-state index is -0.535. The first-order chi connectivity index (χ1) is 12.0. The van der Waals surface area contributed by atoms with Crippen molar-refractivity contribution < 1.29 is 4.92 Å². The first-order valence-electron chi connectivity index (χ1n) is 7.04. The van der Waals surface area contributed by atoms with Gasteiger partial charge in [-0.25, -0.2) is 4.99 Å². The number of benzene rings is 2. The zero-order chi connectivity index (χ0) is 17.8. The number of thioether (sulfide) groups is 1. The lowest BCUT2D eigenvalue weighted by Crippen LogP contribution is -1.98. The van der Waals surface area contributed by atoms with E-state index in [1.807, 2.05) is 24.3 Å². The van der Waals surface area contributed by atoms with Crippen LogP contribution in [0.2, 0.25) is 5.02 Å². The Kier molecular flexibility index (Phi) is 5.62. The first-order valence-corrected chi connectivity index (χ1v) is 9.20. The highest BCUT2D eigenvalue weighted by molar-refractivity contribution is 9.10. The molecule has 2 aromatic rings. The van der Waals surface area contributed by atoms with E-state index in [9.17, 15) is 10.1 Å². The Hall–Kier alpha value is -2.03. The van der Waals surface area contributed by atoms with Gasteiger partial charge in [0.15, 0.2) is 0 Å². The molecule has 0 fully saturated rings. The third-order valence-corrected chi connectivity index (χ3v) is 4.96. The van der Waals surface area contributed by atoms with E-state index in [1.165, 1.54) is 30.1 Å². The number of aliphatic imine (C=N–C) groups is 1. The maximum Gasteiger partial charge on any atom is 0.288 e. The lowest BCUT2D eigenvalue weighted by Gasteiger charge is -1.98. The van der Waals surface area contributed by atoms with Crippen molar-refractivity contribution in [2.75, 3.05) is 5.75 Å². The Bertz CT molecular complexity index is 913. The van der Waals surface area contributed by atoms with Gasteiger partial charge in [-0.2, -0.15) is 5.10 Å². The fourth-order valence-corrected chi connectivity index (χ4v) is 3.28. The zero-order valence-electron chi connectivity index (χ0n) is 12.6. The van der Waals surface area contributed by atoms with Crippen LogP contribution in [0.5, 0.6) is 0 Å². The first kappa shape index (κ1) is 17.8. The molecule has 0 bridgehead atoms. The normalized spacial score (nSPS) is 15.8. The van der Waals surface area contributed by atoms with Crippen LogP contribution >= 0.6 is 39.3 Å². The van der Waals surface area contributed by atoms with Crippen LogP contribution in [0, 0.1) is 10.1 Å². The van der Waals surface area contributed by atoms with Crippen LogP contribution in [0.25, 0.3) is 0 Å². The molecule has 3 rings (SSSR count). The largest absolute Gasteiger partial charge is 0.288 e. The molecule has 0 saturated carbocycles. The summed E-state index contributed by atoms with van der Waals surface area (Å²) < 4.78 is 1.01. The van der Waals surface area contributed by atoms with Gasteiger partial charge in [0.25, 0.3) is 5.69 Å². The highest BCUT2D eigenvalue weighted by Crippen LogP contribution is 2.24. The monoisotopic (exact) mass is 436 g/mol. The van der Waals surface area contributed by atoms with Crippen molar-refractivity contribution in [3.63, 3.8) is 0 Å². The topological polar surface area (TPSA) is 80.2 Å². The molecule has 0 radical (unpaired) electrons. The molecule has 0 N–H and O–H groups in total. The third kappa shape index (κ3) is 4.53. The molecule has 126 valence electrons. The zero-order valence-corrected chi connectivity index (χ0v) is 15.8. The van der Waals surface area contributed by atoms with Crippen molar-refractivity contribution in [1.29, 1.82) is 0 Å². The van der Waals surface area contributed by atoms with E-state index in [4.69, 9.17) is 11.6 Å². The number of rotatable bonds is 4. The molecule has 0 atom stereocenters. The van der Waals surface area contributed by atoms with Gasteiger partial charge in [-0.05, 0) is 23.8 Å². The van der Waals surface area contributed by atoms with Crippen LogP contribution < -0.4 is 0 Å². The minimum Gasteiger partial charge on any atom is -0.258 e. The fraction of sp³-hybridized carbons (Fsp3) is 0.0625. The molecule has 2 aromatic carbocycles. The summed E-state index contributed by atoms with van der Waals surface area (Å²) in [5.41, 5.74) is 2.36. The van der Waals surface area contributed by atoms with E-state index in [0.29, 0.717) is 10.7 Å². The van der Waals surface area contributed by atoms with Gasteiger partial charge in [-0.3, -0.25) is 10.1 Å². The predicted octanol–water partition coefficient (Wildman–Crippen LogP) is 4.94. The predicted molar refractivity (Wildman–Crippen MR) is 106 cm³/mol. The van der Waals surface area contributed by atoms with Gasteiger partial charge in [0, 0.05) is 21.9 Å². The maximum absolute atomic E-state index is 10.9. The number of nitrogens with zero attached hydrogens (tertiary/aromatic N) is 4. The molecule has 1 aliphatic rings. The quantitative estimate of drug-likeness (QED) is 0.386. The van der Waals surface area contributed by atoms with Crippen molar-refractivity contribution in [2.45, 2.75) is 0 Å². The van der Waals surface area contributed by atoms with E-state index >= 15 is 0 Å². The van der Waals surface area contributed by atoms with Gasteiger partial charge in [0.05, 0.1) is 16.8 Å². The van der Waals surface area contributed by atoms with Crippen molar-refractivity contribution in [3.05, 3.63) is 73.2 Å².